The number of hydrogen-bond acceptors (Lipinski definition) is 6. The highest BCUT2D eigenvalue weighted by molar-refractivity contribution is 6.35. The van der Waals surface area contributed by atoms with Gasteiger partial charge in [-0.25, -0.2) is 4.79 Å². The number of methoxy groups -OCH3 is 1. The van der Waals surface area contributed by atoms with Gasteiger partial charge in [-0.3, -0.25) is 14.9 Å². The molecule has 0 saturated heterocycles. The first-order valence-electron chi connectivity index (χ1n) is 12.7. The van der Waals surface area contributed by atoms with Gasteiger partial charge in [0.05, 0.1) is 30.7 Å². The molecule has 0 unspecified atom stereocenters. The van der Waals surface area contributed by atoms with E-state index in [2.05, 4.69) is 15.6 Å². The summed E-state index contributed by atoms with van der Waals surface area (Å²) >= 11 is 6.14. The lowest BCUT2D eigenvalue weighted by Crippen LogP contribution is -2.31. The Balaban J connectivity index is 1.28. The van der Waals surface area contributed by atoms with Crippen molar-refractivity contribution in [1.82, 2.24) is 9.88 Å². The molecule has 3 N–H and O–H groups in total. The van der Waals surface area contributed by atoms with E-state index in [0.29, 0.717) is 33.7 Å². The summed E-state index contributed by atoms with van der Waals surface area (Å²) in [7, 11) is 3.31. The highest BCUT2D eigenvalue weighted by Crippen LogP contribution is 2.26. The van der Waals surface area contributed by atoms with Gasteiger partial charge in [0.25, 0.3) is 5.56 Å². The number of halogens is 1. The fourth-order valence-corrected chi connectivity index (χ4v) is 4.49. The van der Waals surface area contributed by atoms with Gasteiger partial charge in [0.2, 0.25) is 5.91 Å². The molecule has 1 heterocycles. The van der Waals surface area contributed by atoms with Gasteiger partial charge in [0.1, 0.15) is 5.75 Å². The van der Waals surface area contributed by atoms with E-state index in [9.17, 15) is 14.4 Å². The number of aromatic amines is 1. The first kappa shape index (κ1) is 28.5. The largest absolute Gasteiger partial charge is 0.496 e. The summed E-state index contributed by atoms with van der Waals surface area (Å²) in [5, 5.41) is 7.34. The van der Waals surface area contributed by atoms with Gasteiger partial charge in [-0.15, -0.1) is 0 Å². The van der Waals surface area contributed by atoms with Crippen LogP contribution in [0, 0.1) is 0 Å². The zero-order valence-corrected chi connectivity index (χ0v) is 23.2. The van der Waals surface area contributed by atoms with Crippen molar-refractivity contribution in [2.45, 2.75) is 19.4 Å². The maximum atomic E-state index is 12.8. The normalized spacial score (nSPS) is 11.5. The summed E-state index contributed by atoms with van der Waals surface area (Å²) in [5.41, 5.74) is 2.73. The molecule has 4 rings (SSSR count). The summed E-state index contributed by atoms with van der Waals surface area (Å²) in [5.74, 6) is 0.552. The maximum absolute atomic E-state index is 12.8. The summed E-state index contributed by atoms with van der Waals surface area (Å²) < 4.78 is 10.8. The number of aromatic nitrogens is 1. The lowest BCUT2D eigenvalue weighted by Gasteiger charge is -2.19. The number of rotatable bonds is 10. The molecule has 0 saturated carbocycles. The Bertz CT molecular complexity index is 1570. The van der Waals surface area contributed by atoms with Crippen LogP contribution in [0.5, 0.6) is 5.75 Å². The molecule has 9 nitrogen and oxygen atoms in total. The number of hydrogen-bond donors (Lipinski definition) is 3. The Labute approximate surface area is 237 Å². The summed E-state index contributed by atoms with van der Waals surface area (Å²) in [6.45, 7) is 2.52. The number of nitrogens with one attached hydrogen (secondary N) is 3. The van der Waals surface area contributed by atoms with Crippen LogP contribution in [-0.2, 0) is 16.1 Å². The Morgan fingerprint density at radius 2 is 1.82 bits per heavy atom. The smallest absolute Gasteiger partial charge is 0.411 e. The molecule has 0 spiro atoms. The molecule has 0 aliphatic rings. The number of likely N-dealkylation sites (N-methyl/N-ethyl adjacent to an activating group) is 1. The summed E-state index contributed by atoms with van der Waals surface area (Å²) in [6.07, 6.45) is 0.887. The second kappa shape index (κ2) is 13.0. The number of carbonyl (C=O) groups excluding carboxylic acids is 2. The van der Waals surface area contributed by atoms with E-state index in [1.165, 1.54) is 6.20 Å². The quantitative estimate of drug-likeness (QED) is 0.231. The van der Waals surface area contributed by atoms with E-state index in [4.69, 9.17) is 21.1 Å². The molecule has 0 fully saturated rings. The van der Waals surface area contributed by atoms with E-state index in [1.54, 1.807) is 55.5 Å². The average molecular weight is 563 g/mol. The van der Waals surface area contributed by atoms with Crippen LogP contribution in [0.2, 0.25) is 5.02 Å². The Kier molecular flexibility index (Phi) is 9.29. The van der Waals surface area contributed by atoms with Crippen molar-refractivity contribution in [3.8, 4) is 5.75 Å². The fourth-order valence-electron chi connectivity index (χ4n) is 4.27. The number of para-hydroxylation sites is 1. The molecule has 40 heavy (non-hydrogen) atoms. The van der Waals surface area contributed by atoms with Gasteiger partial charge in [-0.1, -0.05) is 54.9 Å². The molecular formula is C30H31ClN4O5. The number of fused-ring (bicyclic) bond motifs is 1. The number of ether oxygens (including phenoxy) is 2. The molecule has 3 aromatic carbocycles. The first-order chi connectivity index (χ1) is 19.2. The molecule has 1 atom stereocenters. The van der Waals surface area contributed by atoms with Crippen LogP contribution in [0.25, 0.3) is 10.8 Å². The van der Waals surface area contributed by atoms with Crippen molar-refractivity contribution in [3.05, 3.63) is 99.4 Å². The van der Waals surface area contributed by atoms with Crippen LogP contribution < -0.4 is 20.9 Å². The van der Waals surface area contributed by atoms with Crippen molar-refractivity contribution >= 4 is 45.7 Å². The lowest BCUT2D eigenvalue weighted by molar-refractivity contribution is -0.128. The lowest BCUT2D eigenvalue weighted by atomic mass is 10.0. The topological polar surface area (TPSA) is 113 Å². The SMILES string of the molecule is COc1ccccc1[C@@H](C)COC(=O)Nc1cccc(CN(C)C(=O)CNc2ccc3c(Cl)c[nH]c(=O)c3c2)c1. The van der Waals surface area contributed by atoms with E-state index in [-0.39, 0.29) is 30.5 Å². The van der Waals surface area contributed by atoms with Gasteiger partial charge in [-0.2, -0.15) is 0 Å². The minimum Gasteiger partial charge on any atom is -0.496 e. The molecule has 208 valence electrons. The highest BCUT2D eigenvalue weighted by atomic mass is 35.5. The zero-order valence-electron chi connectivity index (χ0n) is 22.5. The Hall–Kier alpha value is -4.50. The van der Waals surface area contributed by atoms with Gasteiger partial charge in [0.15, 0.2) is 0 Å². The van der Waals surface area contributed by atoms with Crippen LogP contribution in [0.1, 0.15) is 24.0 Å². The van der Waals surface area contributed by atoms with Gasteiger partial charge in [-0.05, 0) is 35.9 Å². The van der Waals surface area contributed by atoms with E-state index in [1.807, 2.05) is 37.3 Å². The van der Waals surface area contributed by atoms with Crippen LogP contribution in [0.4, 0.5) is 16.2 Å². The van der Waals surface area contributed by atoms with Gasteiger partial charge >= 0.3 is 6.09 Å². The number of carbonyl (C=O) groups is 2. The monoisotopic (exact) mass is 562 g/mol. The third-order valence-corrected chi connectivity index (χ3v) is 6.76. The number of pyridine rings is 1. The van der Waals surface area contributed by atoms with Crippen LogP contribution >= 0.6 is 11.6 Å². The van der Waals surface area contributed by atoms with Crippen LogP contribution in [-0.4, -0.2) is 49.2 Å². The van der Waals surface area contributed by atoms with E-state index < -0.39 is 6.09 Å². The Morgan fingerprint density at radius 1 is 1.02 bits per heavy atom. The molecule has 2 amide bonds. The molecule has 0 bridgehead atoms. The van der Waals surface area contributed by atoms with Crippen LogP contribution in [0.15, 0.2) is 77.7 Å². The number of nitrogens with zero attached hydrogens (tertiary/aromatic N) is 1. The van der Waals surface area contributed by atoms with Gasteiger partial charge in [0, 0.05) is 48.0 Å². The zero-order chi connectivity index (χ0) is 28.6. The molecular weight excluding hydrogens is 532 g/mol. The summed E-state index contributed by atoms with van der Waals surface area (Å²) in [6, 6.07) is 20.0. The number of anilines is 2. The predicted octanol–water partition coefficient (Wildman–Crippen LogP) is 5.61. The molecule has 10 heteroatoms. The second-order valence-corrected chi connectivity index (χ2v) is 9.80. The van der Waals surface area contributed by atoms with Crippen molar-refractivity contribution in [2.24, 2.45) is 0 Å². The Morgan fingerprint density at radius 3 is 2.62 bits per heavy atom. The van der Waals surface area contributed by atoms with Crippen LogP contribution in [0.3, 0.4) is 0 Å². The van der Waals surface area contributed by atoms with E-state index in [0.717, 1.165) is 16.9 Å². The number of benzene rings is 3. The van der Waals surface area contributed by atoms with E-state index >= 15 is 0 Å². The second-order valence-electron chi connectivity index (χ2n) is 9.40. The first-order valence-corrected chi connectivity index (χ1v) is 13.1. The molecule has 0 aliphatic carbocycles. The molecule has 4 aromatic rings. The number of H-pyrrole nitrogens is 1. The van der Waals surface area contributed by atoms with Crippen molar-refractivity contribution < 1.29 is 19.1 Å². The van der Waals surface area contributed by atoms with Crippen molar-refractivity contribution in [1.29, 1.82) is 0 Å². The fraction of sp³-hybridized carbons (Fsp3) is 0.233. The maximum Gasteiger partial charge on any atom is 0.411 e. The van der Waals surface area contributed by atoms with Crippen molar-refractivity contribution in [3.63, 3.8) is 0 Å². The highest BCUT2D eigenvalue weighted by Gasteiger charge is 2.15. The molecule has 0 aliphatic heterocycles. The molecule has 0 radical (unpaired) electrons. The average Bonchev–Trinajstić information content (AvgIpc) is 2.96. The predicted molar refractivity (Wildman–Crippen MR) is 157 cm³/mol. The molecule has 1 aromatic heterocycles. The third-order valence-electron chi connectivity index (χ3n) is 6.45. The minimum atomic E-state index is -0.567. The third kappa shape index (κ3) is 7.12. The minimum absolute atomic E-state index is 0.0368. The number of amides is 2. The summed E-state index contributed by atoms with van der Waals surface area (Å²) in [4.78, 5) is 41.5. The van der Waals surface area contributed by atoms with Crippen molar-refractivity contribution in [2.75, 3.05) is 37.9 Å². The standard InChI is InChI=1S/C30H31ClN4O5/c1-19(23-9-4-5-10-27(23)39-3)18-40-30(38)34-22-8-6-7-20(13-22)17-35(2)28(36)16-32-21-11-12-24-25(14-21)29(37)33-15-26(24)31/h4-15,19,32H,16-18H2,1-3H3,(H,33,37)(H,34,38)/t19-/m0/s1. The van der Waals surface area contributed by atoms with Gasteiger partial charge < -0.3 is 24.7 Å².